The van der Waals surface area contributed by atoms with Crippen LogP contribution in [0.25, 0.3) is 16.8 Å². The molecule has 2 heterocycles. The van der Waals surface area contributed by atoms with Crippen LogP contribution in [0.5, 0.6) is 0 Å². The number of aryl methyl sites for hydroxylation is 2. The fourth-order valence-electron chi connectivity index (χ4n) is 3.37. The number of aromatic nitrogens is 3. The molecule has 2 aromatic carbocycles. The van der Waals surface area contributed by atoms with E-state index in [0.717, 1.165) is 50.3 Å². The molecule has 2 aromatic heterocycles. The summed E-state index contributed by atoms with van der Waals surface area (Å²) in [5, 5.41) is 9.71. The Kier molecular flexibility index (Phi) is 5.25. The normalized spacial score (nSPS) is 11.8. The summed E-state index contributed by atoms with van der Waals surface area (Å²) in [6.45, 7) is 10.5. The van der Waals surface area contributed by atoms with Crippen molar-refractivity contribution < 1.29 is 0 Å². The molecular formula is C24H24Cl2N4. The van der Waals surface area contributed by atoms with E-state index in [2.05, 4.69) is 32.2 Å². The Balaban J connectivity index is 1.94. The molecule has 6 heteroatoms. The second-order valence-corrected chi connectivity index (χ2v) is 9.41. The average Bonchev–Trinajstić information content (AvgIpc) is 3.01. The Morgan fingerprint density at radius 3 is 2.27 bits per heavy atom. The Morgan fingerprint density at radius 2 is 1.63 bits per heavy atom. The zero-order valence-corrected chi connectivity index (χ0v) is 19.2. The average molecular weight is 439 g/mol. The highest BCUT2D eigenvalue weighted by atomic mass is 35.5. The van der Waals surface area contributed by atoms with Gasteiger partial charge in [-0.3, -0.25) is 0 Å². The zero-order valence-electron chi connectivity index (χ0n) is 17.7. The molecule has 0 saturated heterocycles. The van der Waals surface area contributed by atoms with Gasteiger partial charge in [-0.1, -0.05) is 62.2 Å². The summed E-state index contributed by atoms with van der Waals surface area (Å²) in [5.41, 5.74) is 6.54. The van der Waals surface area contributed by atoms with Crippen LogP contribution in [0.2, 0.25) is 10.0 Å². The van der Waals surface area contributed by atoms with Crippen molar-refractivity contribution in [2.45, 2.75) is 40.0 Å². The van der Waals surface area contributed by atoms with Gasteiger partial charge in [-0.15, -0.1) is 0 Å². The van der Waals surface area contributed by atoms with Gasteiger partial charge in [0.1, 0.15) is 5.82 Å². The highest BCUT2D eigenvalue weighted by Crippen LogP contribution is 2.33. The van der Waals surface area contributed by atoms with Gasteiger partial charge in [-0.25, -0.2) is 4.98 Å². The predicted molar refractivity (Wildman–Crippen MR) is 126 cm³/mol. The highest BCUT2D eigenvalue weighted by Gasteiger charge is 2.22. The third-order valence-corrected chi connectivity index (χ3v) is 5.77. The zero-order chi connectivity index (χ0) is 21.6. The third kappa shape index (κ3) is 3.90. The van der Waals surface area contributed by atoms with Crippen LogP contribution in [0.4, 0.5) is 11.5 Å². The fraction of sp³-hybridized carbons (Fsp3) is 0.250. The standard InChI is InChI=1S/C24H24Cl2N4/c1-14-6-11-18(12-19(14)26)27-21-13-20(24(3,4)5)28-23-22(15(2)29-30(21)23)16-7-9-17(25)10-8-16/h6-13,27H,1-5H3. The molecule has 0 amide bonds. The first-order chi connectivity index (χ1) is 14.1. The summed E-state index contributed by atoms with van der Waals surface area (Å²) >= 11 is 12.4. The van der Waals surface area contributed by atoms with Crippen molar-refractivity contribution in [3.63, 3.8) is 0 Å². The summed E-state index contributed by atoms with van der Waals surface area (Å²) < 4.78 is 1.86. The molecule has 0 aliphatic rings. The van der Waals surface area contributed by atoms with E-state index in [-0.39, 0.29) is 5.41 Å². The first-order valence-corrected chi connectivity index (χ1v) is 10.6. The molecule has 0 unspecified atom stereocenters. The van der Waals surface area contributed by atoms with Crippen molar-refractivity contribution in [1.29, 1.82) is 0 Å². The molecule has 0 fully saturated rings. The molecule has 0 radical (unpaired) electrons. The van der Waals surface area contributed by atoms with Crippen LogP contribution >= 0.6 is 23.2 Å². The molecule has 154 valence electrons. The summed E-state index contributed by atoms with van der Waals surface area (Å²) in [7, 11) is 0. The maximum Gasteiger partial charge on any atom is 0.165 e. The molecule has 4 aromatic rings. The van der Waals surface area contributed by atoms with Crippen LogP contribution in [-0.2, 0) is 5.41 Å². The third-order valence-electron chi connectivity index (χ3n) is 5.11. The SMILES string of the molecule is Cc1ccc(Nc2cc(C(C)(C)C)nc3c(-c4ccc(Cl)cc4)c(C)nn23)cc1Cl. The van der Waals surface area contributed by atoms with Crippen molar-refractivity contribution in [3.05, 3.63) is 75.5 Å². The Morgan fingerprint density at radius 1 is 0.933 bits per heavy atom. The number of hydrogen-bond donors (Lipinski definition) is 1. The molecule has 0 aliphatic carbocycles. The Hall–Kier alpha value is -2.56. The van der Waals surface area contributed by atoms with E-state index in [1.165, 1.54) is 0 Å². The summed E-state index contributed by atoms with van der Waals surface area (Å²) in [5.74, 6) is 0.841. The summed E-state index contributed by atoms with van der Waals surface area (Å²) in [6, 6.07) is 15.8. The van der Waals surface area contributed by atoms with Crippen LogP contribution in [0, 0.1) is 13.8 Å². The lowest BCUT2D eigenvalue weighted by Gasteiger charge is -2.20. The van der Waals surface area contributed by atoms with Crippen molar-refractivity contribution in [1.82, 2.24) is 14.6 Å². The van der Waals surface area contributed by atoms with Crippen molar-refractivity contribution in [3.8, 4) is 11.1 Å². The molecule has 4 nitrogen and oxygen atoms in total. The van der Waals surface area contributed by atoms with Gasteiger partial charge in [-0.2, -0.15) is 9.61 Å². The second-order valence-electron chi connectivity index (χ2n) is 8.57. The Labute approximate surface area is 186 Å². The minimum absolute atomic E-state index is 0.126. The quantitative estimate of drug-likeness (QED) is 0.363. The lowest BCUT2D eigenvalue weighted by molar-refractivity contribution is 0.569. The van der Waals surface area contributed by atoms with E-state index in [1.807, 2.05) is 60.8 Å². The van der Waals surface area contributed by atoms with Crippen LogP contribution in [-0.4, -0.2) is 14.6 Å². The maximum atomic E-state index is 6.34. The van der Waals surface area contributed by atoms with Gasteiger partial charge >= 0.3 is 0 Å². The van der Waals surface area contributed by atoms with E-state index < -0.39 is 0 Å². The van der Waals surface area contributed by atoms with E-state index in [1.54, 1.807) is 0 Å². The van der Waals surface area contributed by atoms with Crippen LogP contribution < -0.4 is 5.32 Å². The number of fused-ring (bicyclic) bond motifs is 1. The van der Waals surface area contributed by atoms with Crippen molar-refractivity contribution in [2.24, 2.45) is 0 Å². The number of anilines is 2. The number of rotatable bonds is 3. The van der Waals surface area contributed by atoms with E-state index in [9.17, 15) is 0 Å². The molecule has 0 spiro atoms. The molecule has 1 N–H and O–H groups in total. The molecule has 0 saturated carbocycles. The van der Waals surface area contributed by atoms with Crippen molar-refractivity contribution in [2.75, 3.05) is 5.32 Å². The first kappa shape index (κ1) is 20.7. The monoisotopic (exact) mass is 438 g/mol. The van der Waals surface area contributed by atoms with Gasteiger partial charge < -0.3 is 5.32 Å². The van der Waals surface area contributed by atoms with E-state index in [4.69, 9.17) is 33.3 Å². The Bertz CT molecular complexity index is 1240. The minimum atomic E-state index is -0.126. The van der Waals surface area contributed by atoms with Gasteiger partial charge in [0.25, 0.3) is 0 Å². The van der Waals surface area contributed by atoms with Gasteiger partial charge in [0.15, 0.2) is 5.65 Å². The van der Waals surface area contributed by atoms with Gasteiger partial charge in [0.05, 0.1) is 11.4 Å². The highest BCUT2D eigenvalue weighted by molar-refractivity contribution is 6.31. The van der Waals surface area contributed by atoms with Gasteiger partial charge in [0, 0.05) is 32.8 Å². The minimum Gasteiger partial charge on any atom is -0.340 e. The van der Waals surface area contributed by atoms with Crippen LogP contribution in [0.15, 0.2) is 48.5 Å². The van der Waals surface area contributed by atoms with Crippen LogP contribution in [0.1, 0.15) is 37.7 Å². The largest absolute Gasteiger partial charge is 0.340 e. The first-order valence-electron chi connectivity index (χ1n) is 9.83. The lowest BCUT2D eigenvalue weighted by Crippen LogP contribution is -2.16. The molecule has 0 atom stereocenters. The summed E-state index contributed by atoms with van der Waals surface area (Å²) in [4.78, 5) is 5.00. The second kappa shape index (κ2) is 7.60. The fourth-order valence-corrected chi connectivity index (χ4v) is 3.68. The number of nitrogens with one attached hydrogen (secondary N) is 1. The number of nitrogens with zero attached hydrogens (tertiary/aromatic N) is 3. The predicted octanol–water partition coefficient (Wildman–Crippen LogP) is 7.36. The number of benzene rings is 2. The topological polar surface area (TPSA) is 42.2 Å². The van der Waals surface area contributed by atoms with Crippen molar-refractivity contribution >= 4 is 40.4 Å². The van der Waals surface area contributed by atoms with Gasteiger partial charge in [-0.05, 0) is 49.2 Å². The molecular weight excluding hydrogens is 415 g/mol. The van der Waals surface area contributed by atoms with E-state index >= 15 is 0 Å². The van der Waals surface area contributed by atoms with Crippen LogP contribution in [0.3, 0.4) is 0 Å². The summed E-state index contributed by atoms with van der Waals surface area (Å²) in [6.07, 6.45) is 0. The molecule has 30 heavy (non-hydrogen) atoms. The lowest BCUT2D eigenvalue weighted by atomic mass is 9.92. The smallest absolute Gasteiger partial charge is 0.165 e. The van der Waals surface area contributed by atoms with Gasteiger partial charge in [0.2, 0.25) is 0 Å². The molecule has 0 aliphatic heterocycles. The molecule has 0 bridgehead atoms. The molecule has 4 rings (SSSR count). The number of hydrogen-bond acceptors (Lipinski definition) is 3. The maximum absolute atomic E-state index is 6.34. The number of halogens is 2. The van der Waals surface area contributed by atoms with E-state index in [0.29, 0.717) is 5.02 Å².